The molecule has 2 aliphatic heterocycles. The van der Waals surface area contributed by atoms with Crippen molar-refractivity contribution in [3.05, 3.63) is 43.9 Å². The van der Waals surface area contributed by atoms with Crippen molar-refractivity contribution >= 4 is 52.3 Å². The minimum atomic E-state index is -1.23. The molecule has 3 heterocycles. The second-order valence-corrected chi connectivity index (χ2v) is 10.9. The molecule has 1 fully saturated rings. The predicted octanol–water partition coefficient (Wildman–Crippen LogP) is 4.03. The van der Waals surface area contributed by atoms with Crippen LogP contribution in [-0.4, -0.2) is 58.1 Å². The van der Waals surface area contributed by atoms with E-state index >= 15 is 0 Å². The zero-order valence-corrected chi connectivity index (χ0v) is 22.8. The lowest BCUT2D eigenvalue weighted by molar-refractivity contribution is -0.150. The summed E-state index contributed by atoms with van der Waals surface area (Å²) in [4.78, 5) is 47.2. The van der Waals surface area contributed by atoms with Gasteiger partial charge in [0.1, 0.15) is 5.56 Å². The van der Waals surface area contributed by atoms with Crippen LogP contribution in [0, 0.1) is 0 Å². The number of fused-ring (bicyclic) bond motifs is 2. The molecule has 0 saturated carbocycles. The molecule has 0 spiro atoms. The third-order valence-electron chi connectivity index (χ3n) is 4.99. The molecule has 0 aliphatic carbocycles. The number of rotatable bonds is 6. The van der Waals surface area contributed by atoms with Crippen molar-refractivity contribution in [3.63, 3.8) is 0 Å². The van der Waals surface area contributed by atoms with Crippen molar-refractivity contribution < 1.29 is 38.4 Å². The Morgan fingerprint density at radius 2 is 1.54 bits per heavy atom. The van der Waals surface area contributed by atoms with Crippen LogP contribution in [0.15, 0.2) is 32.9 Å². The molecule has 10 nitrogen and oxygen atoms in total. The summed E-state index contributed by atoms with van der Waals surface area (Å²) in [5.74, 6) is 0.416. The maximum atomic E-state index is 12.1. The number of aromatic nitrogens is 1. The standard InChI is InChI=1S/C13H11NO5.C12H18O4S2/c1-2-14-5-8(13(16)17)12(15)7-3-10-11(4-9(7)14)19-6-18-10;1-7(2)15-10(13)9(11(14)16-8(3)4)12-17-5-6-18-12/h3-5H,2,6H2,1H3,(H,16,17);7-8H,5-6H2,1-4H3. The molecule has 0 atom stereocenters. The van der Waals surface area contributed by atoms with Gasteiger partial charge in [0.15, 0.2) is 17.1 Å². The van der Waals surface area contributed by atoms with Crippen LogP contribution in [0.5, 0.6) is 11.5 Å². The summed E-state index contributed by atoms with van der Waals surface area (Å²) in [7, 11) is 0. The molecular formula is C25H29NO9S2. The molecule has 0 amide bonds. The van der Waals surface area contributed by atoms with Crippen LogP contribution in [0.2, 0.25) is 0 Å². The number of hydrogen-bond acceptors (Lipinski definition) is 10. The highest BCUT2D eigenvalue weighted by Crippen LogP contribution is 2.39. The average Bonchev–Trinajstić information content (AvgIpc) is 3.49. The maximum absolute atomic E-state index is 12.1. The third-order valence-corrected chi connectivity index (χ3v) is 7.71. The van der Waals surface area contributed by atoms with E-state index in [0.717, 1.165) is 11.5 Å². The van der Waals surface area contributed by atoms with E-state index in [9.17, 15) is 19.2 Å². The quantitative estimate of drug-likeness (QED) is 0.242. The summed E-state index contributed by atoms with van der Waals surface area (Å²) in [5, 5.41) is 9.39. The van der Waals surface area contributed by atoms with Crippen LogP contribution in [0.4, 0.5) is 0 Å². The molecule has 37 heavy (non-hydrogen) atoms. The lowest BCUT2D eigenvalue weighted by Gasteiger charge is -2.13. The number of carbonyl (C=O) groups excluding carboxylic acids is 2. The number of hydrogen-bond donors (Lipinski definition) is 1. The van der Waals surface area contributed by atoms with Crippen molar-refractivity contribution in [3.8, 4) is 11.5 Å². The number of benzene rings is 1. The Morgan fingerprint density at radius 3 is 2.03 bits per heavy atom. The van der Waals surface area contributed by atoms with E-state index in [1.165, 1.54) is 29.7 Å². The normalized spacial score (nSPS) is 14.0. The number of thioether (sulfide) groups is 2. The highest BCUT2D eigenvalue weighted by atomic mass is 32.2. The van der Waals surface area contributed by atoms with Crippen LogP contribution in [0.1, 0.15) is 45.0 Å². The number of nitrogens with zero attached hydrogens (tertiary/aromatic N) is 1. The summed E-state index contributed by atoms with van der Waals surface area (Å²) < 4.78 is 23.1. The summed E-state index contributed by atoms with van der Waals surface area (Å²) in [6.45, 7) is 9.55. The number of carbonyl (C=O) groups is 3. The van der Waals surface area contributed by atoms with Gasteiger partial charge in [-0.2, -0.15) is 0 Å². The van der Waals surface area contributed by atoms with Gasteiger partial charge in [0.05, 0.1) is 27.3 Å². The Kier molecular flexibility index (Phi) is 9.55. The molecule has 0 radical (unpaired) electrons. The van der Waals surface area contributed by atoms with Gasteiger partial charge in [-0.15, -0.1) is 23.5 Å². The Balaban J connectivity index is 0.000000206. The first-order valence-corrected chi connectivity index (χ1v) is 13.6. The molecule has 1 N–H and O–H groups in total. The van der Waals surface area contributed by atoms with E-state index in [-0.39, 0.29) is 30.1 Å². The van der Waals surface area contributed by atoms with Crippen molar-refractivity contribution in [2.45, 2.75) is 53.4 Å². The zero-order chi connectivity index (χ0) is 27.3. The Bertz CT molecular complexity index is 1270. The maximum Gasteiger partial charge on any atom is 0.347 e. The minimum Gasteiger partial charge on any atom is -0.477 e. The fourth-order valence-electron chi connectivity index (χ4n) is 3.44. The number of pyridine rings is 1. The van der Waals surface area contributed by atoms with E-state index in [0.29, 0.717) is 33.2 Å². The third kappa shape index (κ3) is 6.80. The minimum absolute atomic E-state index is 0.0462. The second kappa shape index (κ2) is 12.4. The average molecular weight is 552 g/mol. The largest absolute Gasteiger partial charge is 0.477 e. The van der Waals surface area contributed by atoms with Crippen LogP contribution in [-0.2, 0) is 25.6 Å². The number of carboxylic acid groups (broad SMARTS) is 1. The molecule has 12 heteroatoms. The number of esters is 2. The van der Waals surface area contributed by atoms with Gasteiger partial charge < -0.3 is 28.6 Å². The molecule has 1 aromatic heterocycles. The molecule has 2 aliphatic rings. The van der Waals surface area contributed by atoms with Gasteiger partial charge in [0, 0.05) is 30.3 Å². The first kappa shape index (κ1) is 28.5. The summed E-state index contributed by atoms with van der Waals surface area (Å²) >= 11 is 3.00. The lowest BCUT2D eigenvalue weighted by atomic mass is 10.1. The number of carboxylic acids is 1. The van der Waals surface area contributed by atoms with Crippen LogP contribution >= 0.6 is 23.5 Å². The molecule has 1 saturated heterocycles. The molecule has 1 aromatic carbocycles. The first-order valence-electron chi connectivity index (χ1n) is 11.6. The van der Waals surface area contributed by atoms with Crippen LogP contribution in [0.3, 0.4) is 0 Å². The summed E-state index contributed by atoms with van der Waals surface area (Å²) in [6, 6.07) is 3.24. The molecule has 0 bridgehead atoms. The van der Waals surface area contributed by atoms with Gasteiger partial charge in [-0.05, 0) is 40.7 Å². The molecule has 4 rings (SSSR count). The predicted molar refractivity (Wildman–Crippen MR) is 141 cm³/mol. The van der Waals surface area contributed by atoms with Gasteiger partial charge in [0.2, 0.25) is 12.2 Å². The topological polar surface area (TPSA) is 130 Å². The van der Waals surface area contributed by atoms with E-state index in [1.54, 1.807) is 44.4 Å². The lowest BCUT2D eigenvalue weighted by Crippen LogP contribution is -2.23. The van der Waals surface area contributed by atoms with Crippen LogP contribution in [0.25, 0.3) is 10.9 Å². The SMILES string of the molecule is CC(C)OC(=O)C(C(=O)OC(C)C)=C1SCCS1.CCn1cc(C(=O)O)c(=O)c2cc3c(cc21)OCO3. The number of ether oxygens (including phenoxy) is 4. The smallest absolute Gasteiger partial charge is 0.347 e. The highest BCUT2D eigenvalue weighted by molar-refractivity contribution is 8.25. The summed E-state index contributed by atoms with van der Waals surface area (Å²) in [6.07, 6.45) is 0.850. The summed E-state index contributed by atoms with van der Waals surface area (Å²) in [5.41, 5.74) is -0.0645. The van der Waals surface area contributed by atoms with Gasteiger partial charge >= 0.3 is 17.9 Å². The Hall–Kier alpha value is -3.12. The van der Waals surface area contributed by atoms with Gasteiger partial charge in [0.25, 0.3) is 0 Å². The van der Waals surface area contributed by atoms with Gasteiger partial charge in [-0.1, -0.05) is 0 Å². The molecule has 200 valence electrons. The fourth-order valence-corrected chi connectivity index (χ4v) is 5.94. The molecule has 2 aromatic rings. The second-order valence-electron chi connectivity index (χ2n) is 8.45. The van der Waals surface area contributed by atoms with Crippen molar-refractivity contribution in [2.24, 2.45) is 0 Å². The zero-order valence-electron chi connectivity index (χ0n) is 21.2. The molecular weight excluding hydrogens is 522 g/mol. The fraction of sp³-hybridized carbons (Fsp3) is 0.440. The van der Waals surface area contributed by atoms with E-state index in [2.05, 4.69) is 0 Å². The number of aromatic carboxylic acids is 1. The first-order chi connectivity index (χ1) is 17.5. The van der Waals surface area contributed by atoms with E-state index in [4.69, 9.17) is 24.1 Å². The Labute approximate surface area is 222 Å². The van der Waals surface area contributed by atoms with Crippen molar-refractivity contribution in [1.29, 1.82) is 0 Å². The van der Waals surface area contributed by atoms with E-state index in [1.807, 2.05) is 6.92 Å². The van der Waals surface area contributed by atoms with E-state index < -0.39 is 23.3 Å². The highest BCUT2D eigenvalue weighted by Gasteiger charge is 2.30. The molecule has 0 unspecified atom stereocenters. The van der Waals surface area contributed by atoms with Crippen molar-refractivity contribution in [1.82, 2.24) is 4.57 Å². The van der Waals surface area contributed by atoms with Gasteiger partial charge in [-0.25, -0.2) is 14.4 Å². The monoisotopic (exact) mass is 551 g/mol. The number of aryl methyl sites for hydroxylation is 1. The van der Waals surface area contributed by atoms with Crippen LogP contribution < -0.4 is 14.9 Å². The van der Waals surface area contributed by atoms with Gasteiger partial charge in [-0.3, -0.25) is 4.79 Å². The Morgan fingerprint density at radius 1 is 1.00 bits per heavy atom. The van der Waals surface area contributed by atoms with Crippen molar-refractivity contribution in [2.75, 3.05) is 18.3 Å².